The average molecular weight is 397 g/mol. The Morgan fingerprint density at radius 2 is 1.77 bits per heavy atom. The molecule has 1 amide bonds. The molecule has 0 saturated carbocycles. The zero-order chi connectivity index (χ0) is 20.8. The zero-order valence-electron chi connectivity index (χ0n) is 16.2. The summed E-state index contributed by atoms with van der Waals surface area (Å²) in [4.78, 5) is 35.2. The molecule has 0 bridgehead atoms. The highest BCUT2D eigenvalue weighted by Gasteiger charge is 2.49. The first-order chi connectivity index (χ1) is 14.5. The van der Waals surface area contributed by atoms with Gasteiger partial charge < -0.3 is 10.1 Å². The van der Waals surface area contributed by atoms with Crippen molar-refractivity contribution >= 4 is 28.4 Å². The third kappa shape index (κ3) is 2.85. The van der Waals surface area contributed by atoms with E-state index in [4.69, 9.17) is 0 Å². The van der Waals surface area contributed by atoms with Crippen LogP contribution in [0.1, 0.15) is 28.7 Å². The minimum atomic E-state index is -0.719. The summed E-state index contributed by atoms with van der Waals surface area (Å²) in [6, 6.07) is 19.4. The number of carbonyl (C=O) groups is 2. The third-order valence-corrected chi connectivity index (χ3v) is 5.60. The number of aryl methyl sites for hydroxylation is 1. The summed E-state index contributed by atoms with van der Waals surface area (Å²) in [5.74, 6) is -1.71. The molecule has 0 aliphatic carbocycles. The first-order valence-electron chi connectivity index (χ1n) is 9.69. The molecule has 1 aliphatic rings. The fraction of sp³-hybridized carbons (Fsp3) is 0.125. The number of fused-ring (bicyclic) bond motifs is 1. The van der Waals surface area contributed by atoms with Gasteiger partial charge in [0.25, 0.3) is 5.91 Å². The topological polar surface area (TPSA) is 86.3 Å². The lowest BCUT2D eigenvalue weighted by Crippen LogP contribution is -2.29. The van der Waals surface area contributed by atoms with Gasteiger partial charge in [0, 0.05) is 5.69 Å². The Morgan fingerprint density at radius 1 is 0.967 bits per heavy atom. The molecular formula is C24H19N3O3. The number of nitrogens with zero attached hydrogens (tertiary/aromatic N) is 2. The van der Waals surface area contributed by atoms with Crippen LogP contribution in [0.15, 0.2) is 73.1 Å². The Morgan fingerprint density at radius 3 is 2.57 bits per heavy atom. The van der Waals surface area contributed by atoms with Gasteiger partial charge in [0.1, 0.15) is 5.75 Å². The summed E-state index contributed by atoms with van der Waals surface area (Å²) >= 11 is 0. The second-order valence-corrected chi connectivity index (χ2v) is 7.58. The molecule has 0 spiro atoms. The van der Waals surface area contributed by atoms with Crippen molar-refractivity contribution in [2.24, 2.45) is 0 Å². The summed E-state index contributed by atoms with van der Waals surface area (Å²) in [5, 5.41) is 9.98. The van der Waals surface area contributed by atoms with Gasteiger partial charge in [-0.3, -0.25) is 14.5 Å². The van der Waals surface area contributed by atoms with E-state index in [9.17, 15) is 14.7 Å². The van der Waals surface area contributed by atoms with Crippen molar-refractivity contribution < 1.29 is 14.7 Å². The molecule has 6 heteroatoms. The van der Waals surface area contributed by atoms with Crippen molar-refractivity contribution in [2.75, 3.05) is 4.90 Å². The summed E-state index contributed by atoms with van der Waals surface area (Å²) in [6.45, 7) is 1.98. The molecule has 0 radical (unpaired) electrons. The van der Waals surface area contributed by atoms with E-state index in [1.165, 1.54) is 0 Å². The SMILES string of the molecule is Cc1cccc(C2C(c3cccc(O)c3)C(=O)C(=O)N2c2ccc3nc[nH]c3c2)c1. The summed E-state index contributed by atoms with van der Waals surface area (Å²) < 4.78 is 0. The number of hydrogen-bond donors (Lipinski definition) is 2. The molecule has 2 atom stereocenters. The number of ketones is 1. The molecule has 6 nitrogen and oxygen atoms in total. The minimum absolute atomic E-state index is 0.0630. The molecular weight excluding hydrogens is 378 g/mol. The predicted octanol–water partition coefficient (Wildman–Crippen LogP) is 4.02. The molecule has 30 heavy (non-hydrogen) atoms. The quantitative estimate of drug-likeness (QED) is 0.511. The van der Waals surface area contributed by atoms with Crippen molar-refractivity contribution in [1.29, 1.82) is 0 Å². The van der Waals surface area contributed by atoms with Crippen molar-refractivity contribution in [3.05, 3.63) is 89.7 Å². The third-order valence-electron chi connectivity index (χ3n) is 5.60. The van der Waals surface area contributed by atoms with Gasteiger partial charge in [-0.15, -0.1) is 0 Å². The lowest BCUT2D eigenvalue weighted by atomic mass is 9.86. The Bertz CT molecular complexity index is 1290. The number of anilines is 1. The van der Waals surface area contributed by atoms with Crippen LogP contribution in [-0.2, 0) is 9.59 Å². The number of aromatic hydroxyl groups is 1. The number of phenols is 1. The number of rotatable bonds is 3. The Kier molecular flexibility index (Phi) is 4.13. The van der Waals surface area contributed by atoms with Crippen LogP contribution in [0.25, 0.3) is 11.0 Å². The van der Waals surface area contributed by atoms with Gasteiger partial charge in [0.2, 0.25) is 5.78 Å². The fourth-order valence-corrected chi connectivity index (χ4v) is 4.27. The number of phenolic OH excluding ortho intramolecular Hbond substituents is 1. The molecule has 2 heterocycles. The van der Waals surface area contributed by atoms with Crippen molar-refractivity contribution in [3.8, 4) is 5.75 Å². The van der Waals surface area contributed by atoms with E-state index in [1.807, 2.05) is 49.4 Å². The minimum Gasteiger partial charge on any atom is -0.508 e. The van der Waals surface area contributed by atoms with Crippen LogP contribution in [0.2, 0.25) is 0 Å². The normalized spacial score (nSPS) is 19.0. The molecule has 5 rings (SSSR count). The molecule has 2 N–H and O–H groups in total. The van der Waals surface area contributed by atoms with E-state index < -0.39 is 23.7 Å². The molecule has 1 saturated heterocycles. The molecule has 1 fully saturated rings. The Hall–Kier alpha value is -3.93. The van der Waals surface area contributed by atoms with Crippen molar-refractivity contribution in [1.82, 2.24) is 9.97 Å². The van der Waals surface area contributed by atoms with Gasteiger partial charge in [-0.2, -0.15) is 0 Å². The van der Waals surface area contributed by atoms with Crippen LogP contribution < -0.4 is 4.90 Å². The van der Waals surface area contributed by atoms with Crippen molar-refractivity contribution in [3.63, 3.8) is 0 Å². The van der Waals surface area contributed by atoms with Gasteiger partial charge in [0.15, 0.2) is 0 Å². The number of nitrogens with one attached hydrogen (secondary N) is 1. The smallest absolute Gasteiger partial charge is 0.295 e. The van der Waals surface area contributed by atoms with Crippen LogP contribution in [-0.4, -0.2) is 26.8 Å². The summed E-state index contributed by atoms with van der Waals surface area (Å²) in [7, 11) is 0. The standard InChI is InChI=1S/C24H19N3O3/c1-14-4-2-6-16(10-14)22-21(15-5-3-7-18(28)11-15)23(29)24(30)27(22)17-8-9-19-20(12-17)26-13-25-19/h2-13,21-22,28H,1H3,(H,25,26). The van der Waals surface area contributed by atoms with E-state index in [0.29, 0.717) is 11.3 Å². The Balaban J connectivity index is 1.71. The lowest BCUT2D eigenvalue weighted by molar-refractivity contribution is -0.134. The second kappa shape index (κ2) is 6.84. The van der Waals surface area contributed by atoms with Gasteiger partial charge in [-0.05, 0) is 48.4 Å². The molecule has 2 unspecified atom stereocenters. The highest BCUT2D eigenvalue weighted by molar-refractivity contribution is 6.46. The molecule has 3 aromatic carbocycles. The predicted molar refractivity (Wildman–Crippen MR) is 113 cm³/mol. The number of imidazole rings is 1. The average Bonchev–Trinajstić information content (AvgIpc) is 3.30. The van der Waals surface area contributed by atoms with E-state index >= 15 is 0 Å². The zero-order valence-corrected chi connectivity index (χ0v) is 16.2. The van der Waals surface area contributed by atoms with Gasteiger partial charge in [-0.25, -0.2) is 4.98 Å². The second-order valence-electron chi connectivity index (χ2n) is 7.58. The number of carbonyl (C=O) groups excluding carboxylic acids is 2. The number of H-pyrrole nitrogens is 1. The van der Waals surface area contributed by atoms with Crippen LogP contribution in [0.5, 0.6) is 5.75 Å². The van der Waals surface area contributed by atoms with E-state index in [0.717, 1.165) is 22.2 Å². The lowest BCUT2D eigenvalue weighted by Gasteiger charge is -2.28. The maximum absolute atomic E-state index is 13.2. The van der Waals surface area contributed by atoms with Crippen LogP contribution in [0.3, 0.4) is 0 Å². The number of amides is 1. The largest absolute Gasteiger partial charge is 0.508 e. The molecule has 1 aliphatic heterocycles. The van der Waals surface area contributed by atoms with Gasteiger partial charge in [0.05, 0.1) is 29.3 Å². The molecule has 4 aromatic rings. The van der Waals surface area contributed by atoms with E-state index in [1.54, 1.807) is 35.5 Å². The number of Topliss-reactive ketones (excluding diaryl/α,β-unsaturated/α-hetero) is 1. The summed E-state index contributed by atoms with van der Waals surface area (Å²) in [6.07, 6.45) is 1.60. The maximum atomic E-state index is 13.2. The number of aromatic nitrogens is 2. The van der Waals surface area contributed by atoms with E-state index in [-0.39, 0.29) is 5.75 Å². The number of hydrogen-bond acceptors (Lipinski definition) is 4. The molecule has 148 valence electrons. The van der Waals surface area contributed by atoms with Crippen LogP contribution >= 0.6 is 0 Å². The van der Waals surface area contributed by atoms with Gasteiger partial charge in [-0.1, -0.05) is 42.0 Å². The van der Waals surface area contributed by atoms with Crippen LogP contribution in [0, 0.1) is 6.92 Å². The van der Waals surface area contributed by atoms with Gasteiger partial charge >= 0.3 is 0 Å². The highest BCUT2D eigenvalue weighted by Crippen LogP contribution is 2.45. The fourth-order valence-electron chi connectivity index (χ4n) is 4.27. The Labute approximate surface area is 172 Å². The van der Waals surface area contributed by atoms with Crippen LogP contribution in [0.4, 0.5) is 5.69 Å². The molecule has 1 aromatic heterocycles. The maximum Gasteiger partial charge on any atom is 0.295 e. The number of benzene rings is 3. The first-order valence-corrected chi connectivity index (χ1v) is 9.69. The summed E-state index contributed by atoms with van der Waals surface area (Å²) in [5.41, 5.74) is 4.72. The highest BCUT2D eigenvalue weighted by atomic mass is 16.3. The number of aromatic amines is 1. The monoisotopic (exact) mass is 397 g/mol. The van der Waals surface area contributed by atoms with Crippen molar-refractivity contribution in [2.45, 2.75) is 18.9 Å². The first kappa shape index (κ1) is 18.1. The van der Waals surface area contributed by atoms with E-state index in [2.05, 4.69) is 9.97 Å².